The van der Waals surface area contributed by atoms with Crippen LogP contribution in [0.4, 0.5) is 17.1 Å². The van der Waals surface area contributed by atoms with Crippen molar-refractivity contribution in [1.82, 2.24) is 0 Å². The van der Waals surface area contributed by atoms with Crippen LogP contribution in [0.2, 0.25) is 0 Å². The molecule has 0 aromatic heterocycles. The number of ether oxygens (including phenoxy) is 3. The van der Waals surface area contributed by atoms with Gasteiger partial charge in [0.25, 0.3) is 0 Å². The summed E-state index contributed by atoms with van der Waals surface area (Å²) < 4.78 is 15.9. The molecule has 2 aromatic carbocycles. The minimum absolute atomic E-state index is 0.0716. The first-order valence-electron chi connectivity index (χ1n) is 10.1. The van der Waals surface area contributed by atoms with Crippen LogP contribution in [0.3, 0.4) is 0 Å². The van der Waals surface area contributed by atoms with Crippen LogP contribution >= 0.6 is 11.8 Å². The number of methoxy groups -OCH3 is 1. The highest BCUT2D eigenvalue weighted by Gasteiger charge is 2.21. The SMILES string of the molecule is COC(=O)CC1=CC(SC(C)C(=O)Nc2ccc3c(c2)OCCO3)=Nc2ccccc2N1. The van der Waals surface area contributed by atoms with Crippen molar-refractivity contribution in [3.8, 4) is 11.5 Å². The maximum Gasteiger partial charge on any atom is 0.311 e. The van der Waals surface area contributed by atoms with E-state index < -0.39 is 5.25 Å². The van der Waals surface area contributed by atoms with E-state index in [0.717, 1.165) is 11.4 Å². The van der Waals surface area contributed by atoms with Crippen molar-refractivity contribution in [2.75, 3.05) is 31.0 Å². The predicted octanol–water partition coefficient (Wildman–Crippen LogP) is 4.12. The minimum atomic E-state index is -0.442. The Morgan fingerprint density at radius 1 is 1.19 bits per heavy atom. The van der Waals surface area contributed by atoms with Crippen LogP contribution in [-0.4, -0.2) is 42.5 Å². The van der Waals surface area contributed by atoms with Crippen molar-refractivity contribution >= 4 is 45.7 Å². The highest BCUT2D eigenvalue weighted by molar-refractivity contribution is 8.15. The van der Waals surface area contributed by atoms with Gasteiger partial charge in [-0.3, -0.25) is 9.59 Å². The summed E-state index contributed by atoms with van der Waals surface area (Å²) in [7, 11) is 1.35. The molecule has 166 valence electrons. The summed E-state index contributed by atoms with van der Waals surface area (Å²) in [6.07, 6.45) is 1.84. The summed E-state index contributed by atoms with van der Waals surface area (Å²) in [5.41, 5.74) is 2.79. The monoisotopic (exact) mass is 453 g/mol. The van der Waals surface area contributed by atoms with Gasteiger partial charge in [0.2, 0.25) is 5.91 Å². The second-order valence-corrected chi connectivity index (χ2v) is 8.48. The molecule has 0 saturated heterocycles. The Kier molecular flexibility index (Phi) is 6.65. The number of benzene rings is 2. The molecule has 2 aliphatic rings. The zero-order chi connectivity index (χ0) is 22.5. The number of hydrogen-bond acceptors (Lipinski definition) is 8. The summed E-state index contributed by atoms with van der Waals surface area (Å²) in [5, 5.41) is 6.31. The Labute approximate surface area is 190 Å². The lowest BCUT2D eigenvalue weighted by molar-refractivity contribution is -0.139. The highest BCUT2D eigenvalue weighted by atomic mass is 32.2. The number of amides is 1. The average molecular weight is 454 g/mol. The molecule has 2 heterocycles. The van der Waals surface area contributed by atoms with Crippen LogP contribution < -0.4 is 20.1 Å². The molecule has 2 aliphatic heterocycles. The number of nitrogens with zero attached hydrogens (tertiary/aromatic N) is 1. The molecular weight excluding hydrogens is 430 g/mol. The molecule has 0 spiro atoms. The number of esters is 1. The second kappa shape index (κ2) is 9.78. The van der Waals surface area contributed by atoms with Gasteiger partial charge in [0, 0.05) is 17.5 Å². The number of carbonyl (C=O) groups is 2. The fraction of sp³-hybridized carbons (Fsp3) is 0.261. The fourth-order valence-corrected chi connectivity index (χ4v) is 4.06. The molecule has 0 saturated carbocycles. The first-order chi connectivity index (χ1) is 15.5. The summed E-state index contributed by atoms with van der Waals surface area (Å²) in [6.45, 7) is 2.79. The van der Waals surface area contributed by atoms with E-state index in [1.807, 2.05) is 24.3 Å². The van der Waals surface area contributed by atoms with Crippen LogP contribution in [0, 0.1) is 0 Å². The van der Waals surface area contributed by atoms with Gasteiger partial charge in [-0.15, -0.1) is 0 Å². The standard InChI is InChI=1S/C23H23N3O5S/c1-14(23(28)25-15-7-8-19-20(11-15)31-10-9-30-19)32-21-12-16(13-22(27)29-2)24-17-5-3-4-6-18(17)26-21/h3-8,11-12,14,24H,9-10,13H2,1-2H3,(H,25,28). The number of aliphatic imine (C=N–C) groups is 1. The largest absolute Gasteiger partial charge is 0.486 e. The van der Waals surface area contributed by atoms with Crippen LogP contribution in [0.15, 0.2) is 59.2 Å². The van der Waals surface area contributed by atoms with Gasteiger partial charge in [-0.2, -0.15) is 0 Å². The number of thioether (sulfide) groups is 1. The lowest BCUT2D eigenvalue weighted by atomic mass is 10.2. The van der Waals surface area contributed by atoms with Gasteiger partial charge in [-0.05, 0) is 37.3 Å². The topological polar surface area (TPSA) is 98.3 Å². The van der Waals surface area contributed by atoms with Gasteiger partial charge in [-0.1, -0.05) is 23.9 Å². The molecule has 2 N–H and O–H groups in total. The van der Waals surface area contributed by atoms with Crippen molar-refractivity contribution in [2.45, 2.75) is 18.6 Å². The van der Waals surface area contributed by atoms with E-state index in [-0.39, 0.29) is 18.3 Å². The van der Waals surface area contributed by atoms with E-state index in [1.54, 1.807) is 31.2 Å². The Morgan fingerprint density at radius 3 is 2.78 bits per heavy atom. The number of anilines is 2. The van der Waals surface area contributed by atoms with Crippen LogP contribution in [0.25, 0.3) is 0 Å². The molecule has 0 aliphatic carbocycles. The summed E-state index contributed by atoms with van der Waals surface area (Å²) in [4.78, 5) is 29.3. The van der Waals surface area contributed by atoms with Gasteiger partial charge < -0.3 is 24.8 Å². The van der Waals surface area contributed by atoms with Crippen molar-refractivity contribution in [1.29, 1.82) is 0 Å². The number of nitrogens with one attached hydrogen (secondary N) is 2. The number of para-hydroxylation sites is 2. The van der Waals surface area contributed by atoms with Crippen LogP contribution in [-0.2, 0) is 14.3 Å². The average Bonchev–Trinajstić information content (AvgIpc) is 2.97. The molecule has 32 heavy (non-hydrogen) atoms. The fourth-order valence-electron chi connectivity index (χ4n) is 3.17. The molecule has 0 fully saturated rings. The van der Waals surface area contributed by atoms with Crippen LogP contribution in [0.1, 0.15) is 13.3 Å². The zero-order valence-corrected chi connectivity index (χ0v) is 18.5. The third-order valence-corrected chi connectivity index (χ3v) is 5.78. The van der Waals surface area contributed by atoms with Crippen molar-refractivity contribution in [2.24, 2.45) is 4.99 Å². The normalized spacial score (nSPS) is 15.2. The Hall–Kier alpha value is -3.46. The third kappa shape index (κ3) is 5.23. The number of rotatable bonds is 5. The highest BCUT2D eigenvalue weighted by Crippen LogP contribution is 2.34. The maximum atomic E-state index is 12.8. The summed E-state index contributed by atoms with van der Waals surface area (Å²) in [5.74, 6) is 0.735. The molecular formula is C23H23N3O5S. The van der Waals surface area contributed by atoms with Crippen LogP contribution in [0.5, 0.6) is 11.5 Å². The number of fused-ring (bicyclic) bond motifs is 2. The van der Waals surface area contributed by atoms with E-state index in [4.69, 9.17) is 14.2 Å². The summed E-state index contributed by atoms with van der Waals surface area (Å²) in [6, 6.07) is 12.8. The second-order valence-electron chi connectivity index (χ2n) is 7.12. The van der Waals surface area contributed by atoms with E-state index in [9.17, 15) is 9.59 Å². The Bertz CT molecular complexity index is 1100. The molecule has 0 bridgehead atoms. The Morgan fingerprint density at radius 2 is 1.97 bits per heavy atom. The van der Waals surface area contributed by atoms with Gasteiger partial charge in [0.1, 0.15) is 13.2 Å². The van der Waals surface area contributed by atoms with E-state index >= 15 is 0 Å². The van der Waals surface area contributed by atoms with Crippen molar-refractivity contribution in [3.63, 3.8) is 0 Å². The Balaban J connectivity index is 1.49. The molecule has 2 aromatic rings. The lowest BCUT2D eigenvalue weighted by Crippen LogP contribution is -2.24. The molecule has 9 heteroatoms. The van der Waals surface area contributed by atoms with E-state index in [1.165, 1.54) is 18.9 Å². The van der Waals surface area contributed by atoms with Gasteiger partial charge in [0.05, 0.1) is 35.2 Å². The lowest BCUT2D eigenvalue weighted by Gasteiger charge is -2.19. The van der Waals surface area contributed by atoms with E-state index in [2.05, 4.69) is 15.6 Å². The molecule has 4 rings (SSSR count). The van der Waals surface area contributed by atoms with Crippen molar-refractivity contribution in [3.05, 3.63) is 54.2 Å². The zero-order valence-electron chi connectivity index (χ0n) is 17.7. The van der Waals surface area contributed by atoms with Gasteiger partial charge in [0.15, 0.2) is 11.5 Å². The number of carbonyl (C=O) groups excluding carboxylic acids is 2. The molecule has 1 amide bonds. The molecule has 0 radical (unpaired) electrons. The first kappa shape index (κ1) is 21.8. The quantitative estimate of drug-likeness (QED) is 0.657. The molecule has 1 unspecified atom stereocenters. The maximum absolute atomic E-state index is 12.8. The van der Waals surface area contributed by atoms with Crippen molar-refractivity contribution < 1.29 is 23.8 Å². The van der Waals surface area contributed by atoms with Gasteiger partial charge in [-0.25, -0.2) is 4.99 Å². The minimum Gasteiger partial charge on any atom is -0.486 e. The molecule has 8 nitrogen and oxygen atoms in total. The smallest absolute Gasteiger partial charge is 0.311 e. The predicted molar refractivity (Wildman–Crippen MR) is 125 cm³/mol. The molecule has 1 atom stereocenters. The number of hydrogen-bond donors (Lipinski definition) is 2. The third-order valence-electron chi connectivity index (χ3n) is 4.77. The van der Waals surface area contributed by atoms with E-state index in [0.29, 0.717) is 41.1 Å². The summed E-state index contributed by atoms with van der Waals surface area (Å²) >= 11 is 1.31. The first-order valence-corrected chi connectivity index (χ1v) is 11.0. The van der Waals surface area contributed by atoms with Gasteiger partial charge >= 0.3 is 5.97 Å².